The average molecular weight is 267 g/mol. The summed E-state index contributed by atoms with van der Waals surface area (Å²) in [5.41, 5.74) is 0. The van der Waals surface area contributed by atoms with E-state index in [0.29, 0.717) is 17.2 Å². The molecule has 0 aliphatic carbocycles. The first-order chi connectivity index (χ1) is 8.58. The van der Waals surface area contributed by atoms with Crippen LogP contribution in [0.2, 0.25) is 5.02 Å². The van der Waals surface area contributed by atoms with Crippen LogP contribution in [-0.4, -0.2) is 18.1 Å². The lowest BCUT2D eigenvalue weighted by Crippen LogP contribution is -2.41. The van der Waals surface area contributed by atoms with Gasteiger partial charge in [0.2, 0.25) is 0 Å². The molecule has 0 aliphatic rings. The minimum Gasteiger partial charge on any atom is -0.479 e. The zero-order valence-electron chi connectivity index (χ0n) is 10.3. The summed E-state index contributed by atoms with van der Waals surface area (Å²) in [6.07, 6.45) is -0.145. The molecule has 2 unspecified atom stereocenters. The molecule has 18 heavy (non-hydrogen) atoms. The van der Waals surface area contributed by atoms with Crippen LogP contribution in [0.3, 0.4) is 0 Å². The summed E-state index contributed by atoms with van der Waals surface area (Å²) in [6.45, 7) is 3.44. The summed E-state index contributed by atoms with van der Waals surface area (Å²) in [4.78, 5) is 11.8. The Morgan fingerprint density at radius 3 is 2.78 bits per heavy atom. The lowest BCUT2D eigenvalue weighted by molar-refractivity contribution is -0.127. The van der Waals surface area contributed by atoms with E-state index in [4.69, 9.17) is 21.6 Å². The monoisotopic (exact) mass is 266 g/mol. The van der Waals surface area contributed by atoms with Gasteiger partial charge in [-0.2, -0.15) is 5.26 Å². The van der Waals surface area contributed by atoms with Gasteiger partial charge in [0.05, 0.1) is 11.1 Å². The van der Waals surface area contributed by atoms with Gasteiger partial charge in [-0.15, -0.1) is 0 Å². The number of halogens is 1. The zero-order valence-corrected chi connectivity index (χ0v) is 11.1. The molecule has 0 bridgehead atoms. The average Bonchev–Trinajstić information content (AvgIpc) is 2.38. The second kappa shape index (κ2) is 6.87. The van der Waals surface area contributed by atoms with Crippen LogP contribution < -0.4 is 10.1 Å². The van der Waals surface area contributed by atoms with Crippen LogP contribution in [0, 0.1) is 11.3 Å². The molecule has 1 aromatic carbocycles. The molecular weight excluding hydrogens is 252 g/mol. The molecule has 0 spiro atoms. The second-order valence-electron chi connectivity index (χ2n) is 3.79. The number of carbonyl (C=O) groups is 1. The van der Waals surface area contributed by atoms with Gasteiger partial charge < -0.3 is 10.1 Å². The van der Waals surface area contributed by atoms with Crippen molar-refractivity contribution < 1.29 is 9.53 Å². The van der Waals surface area contributed by atoms with E-state index in [1.54, 1.807) is 31.2 Å². The first kappa shape index (κ1) is 14.3. The molecule has 0 saturated carbocycles. The van der Waals surface area contributed by atoms with E-state index in [9.17, 15) is 4.79 Å². The smallest absolute Gasteiger partial charge is 0.261 e. The lowest BCUT2D eigenvalue weighted by atomic mass is 10.2. The number of hydrogen-bond acceptors (Lipinski definition) is 3. The van der Waals surface area contributed by atoms with Crippen LogP contribution in [0.5, 0.6) is 5.75 Å². The number of benzene rings is 1. The summed E-state index contributed by atoms with van der Waals surface area (Å²) < 4.78 is 5.44. The Morgan fingerprint density at radius 2 is 2.22 bits per heavy atom. The van der Waals surface area contributed by atoms with Gasteiger partial charge in [-0.3, -0.25) is 4.79 Å². The highest BCUT2D eigenvalue weighted by Gasteiger charge is 2.18. The van der Waals surface area contributed by atoms with Gasteiger partial charge in [-0.1, -0.05) is 30.7 Å². The molecule has 0 heterocycles. The molecule has 2 atom stereocenters. The molecule has 4 nitrogen and oxygen atoms in total. The Balaban J connectivity index is 2.61. The van der Waals surface area contributed by atoms with Crippen LogP contribution >= 0.6 is 11.6 Å². The highest BCUT2D eigenvalue weighted by Crippen LogP contribution is 2.24. The Morgan fingerprint density at radius 1 is 1.56 bits per heavy atom. The summed E-state index contributed by atoms with van der Waals surface area (Å²) in [5, 5.41) is 11.8. The van der Waals surface area contributed by atoms with Crippen molar-refractivity contribution in [3.63, 3.8) is 0 Å². The molecule has 1 rings (SSSR count). The third-order valence-electron chi connectivity index (χ3n) is 2.39. The molecule has 96 valence electrons. The third kappa shape index (κ3) is 3.94. The maximum atomic E-state index is 11.8. The third-order valence-corrected chi connectivity index (χ3v) is 2.70. The summed E-state index contributed by atoms with van der Waals surface area (Å²) in [6, 6.07) is 8.44. The van der Waals surface area contributed by atoms with Crippen LogP contribution in [0.4, 0.5) is 0 Å². The number of carbonyl (C=O) groups excluding carboxylic acids is 1. The van der Waals surface area contributed by atoms with Gasteiger partial charge in [0.25, 0.3) is 5.91 Å². The topological polar surface area (TPSA) is 62.1 Å². The number of hydrogen-bond donors (Lipinski definition) is 1. The minimum atomic E-state index is -0.702. The van der Waals surface area contributed by atoms with Gasteiger partial charge in [0.1, 0.15) is 11.8 Å². The van der Waals surface area contributed by atoms with E-state index >= 15 is 0 Å². The highest BCUT2D eigenvalue weighted by molar-refractivity contribution is 6.32. The van der Waals surface area contributed by atoms with E-state index in [-0.39, 0.29) is 5.91 Å². The van der Waals surface area contributed by atoms with E-state index in [1.165, 1.54) is 0 Å². The fourth-order valence-corrected chi connectivity index (χ4v) is 1.48. The fraction of sp³-hybridized carbons (Fsp3) is 0.385. The summed E-state index contributed by atoms with van der Waals surface area (Å²) >= 11 is 5.92. The first-order valence-electron chi connectivity index (χ1n) is 5.69. The lowest BCUT2D eigenvalue weighted by Gasteiger charge is -2.17. The Bertz CT molecular complexity index is 457. The number of rotatable bonds is 5. The van der Waals surface area contributed by atoms with Crippen LogP contribution in [0.15, 0.2) is 24.3 Å². The van der Waals surface area contributed by atoms with Gasteiger partial charge >= 0.3 is 0 Å². The first-order valence-corrected chi connectivity index (χ1v) is 6.07. The van der Waals surface area contributed by atoms with Crippen molar-refractivity contribution in [3.8, 4) is 11.8 Å². The number of nitrogens with one attached hydrogen (secondary N) is 1. The number of ether oxygens (including phenoxy) is 1. The largest absolute Gasteiger partial charge is 0.479 e. The molecule has 1 aromatic rings. The molecule has 1 N–H and O–H groups in total. The van der Waals surface area contributed by atoms with Crippen molar-refractivity contribution in [1.29, 1.82) is 5.26 Å². The molecular formula is C13H15ClN2O2. The minimum absolute atomic E-state index is 0.330. The zero-order chi connectivity index (χ0) is 13.5. The molecule has 1 amide bonds. The molecule has 0 aliphatic heterocycles. The van der Waals surface area contributed by atoms with Gasteiger partial charge in [-0.25, -0.2) is 0 Å². The number of nitrogens with zero attached hydrogens (tertiary/aromatic N) is 1. The SMILES string of the molecule is CCC(C#N)NC(=O)C(C)Oc1ccccc1Cl. The van der Waals surface area contributed by atoms with Crippen molar-refractivity contribution in [2.75, 3.05) is 0 Å². The normalized spacial score (nSPS) is 13.2. The van der Waals surface area contributed by atoms with Crippen molar-refractivity contribution in [2.24, 2.45) is 0 Å². The quantitative estimate of drug-likeness (QED) is 0.891. The van der Waals surface area contributed by atoms with Crippen molar-refractivity contribution in [1.82, 2.24) is 5.32 Å². The molecule has 0 radical (unpaired) electrons. The summed E-state index contributed by atoms with van der Waals surface area (Å²) in [5.74, 6) is 0.121. The van der Waals surface area contributed by atoms with Crippen LogP contribution in [0.25, 0.3) is 0 Å². The van der Waals surface area contributed by atoms with Gasteiger partial charge in [0, 0.05) is 0 Å². The summed E-state index contributed by atoms with van der Waals surface area (Å²) in [7, 11) is 0. The number of para-hydroxylation sites is 1. The molecule has 0 saturated heterocycles. The molecule has 0 fully saturated rings. The molecule has 0 aromatic heterocycles. The van der Waals surface area contributed by atoms with Crippen LogP contribution in [-0.2, 0) is 4.79 Å². The van der Waals surface area contributed by atoms with E-state index < -0.39 is 12.1 Å². The highest BCUT2D eigenvalue weighted by atomic mass is 35.5. The van der Waals surface area contributed by atoms with Gasteiger partial charge in [-0.05, 0) is 25.5 Å². The maximum absolute atomic E-state index is 11.8. The Hall–Kier alpha value is -1.73. The van der Waals surface area contributed by atoms with Crippen molar-refractivity contribution in [2.45, 2.75) is 32.4 Å². The Labute approximate surface area is 112 Å². The van der Waals surface area contributed by atoms with E-state index in [2.05, 4.69) is 5.32 Å². The van der Waals surface area contributed by atoms with Crippen molar-refractivity contribution >= 4 is 17.5 Å². The molecule has 5 heteroatoms. The number of amides is 1. The predicted molar refractivity (Wildman–Crippen MR) is 69.4 cm³/mol. The predicted octanol–water partition coefficient (Wildman–Crippen LogP) is 2.53. The maximum Gasteiger partial charge on any atom is 0.261 e. The van der Waals surface area contributed by atoms with Crippen LogP contribution in [0.1, 0.15) is 20.3 Å². The second-order valence-corrected chi connectivity index (χ2v) is 4.20. The van der Waals surface area contributed by atoms with Gasteiger partial charge in [0.15, 0.2) is 6.10 Å². The Kier molecular flexibility index (Phi) is 5.47. The van der Waals surface area contributed by atoms with E-state index in [0.717, 1.165) is 0 Å². The number of nitriles is 1. The standard InChI is InChI=1S/C13H15ClN2O2/c1-3-10(8-15)16-13(17)9(2)18-12-7-5-4-6-11(12)14/h4-7,9-10H,3H2,1-2H3,(H,16,17). The van der Waals surface area contributed by atoms with Crippen molar-refractivity contribution in [3.05, 3.63) is 29.3 Å². The van der Waals surface area contributed by atoms with E-state index in [1.807, 2.05) is 13.0 Å². The fourth-order valence-electron chi connectivity index (χ4n) is 1.30.